The van der Waals surface area contributed by atoms with Gasteiger partial charge in [-0.15, -0.1) is 0 Å². The van der Waals surface area contributed by atoms with Crippen LogP contribution in [-0.4, -0.2) is 20.9 Å². The Balaban J connectivity index is 2.71. The van der Waals surface area contributed by atoms with E-state index in [1.165, 1.54) is 0 Å². The highest BCUT2D eigenvalue weighted by atomic mass is 35.5. The van der Waals surface area contributed by atoms with Crippen molar-refractivity contribution in [2.75, 3.05) is 0 Å². The molecule has 0 aliphatic rings. The molecule has 1 aromatic heterocycles. The predicted octanol–water partition coefficient (Wildman–Crippen LogP) is 3.23. The number of hydrogen-bond acceptors (Lipinski definition) is 2. The molecule has 2 rings (SSSR count). The molecule has 94 valence electrons. The number of aromatic carboxylic acids is 1. The number of benzene rings is 1. The van der Waals surface area contributed by atoms with Gasteiger partial charge >= 0.3 is 5.97 Å². The third kappa shape index (κ3) is 1.99. The molecule has 0 aliphatic heterocycles. The van der Waals surface area contributed by atoms with E-state index < -0.39 is 5.97 Å². The second-order valence-corrected chi connectivity index (χ2v) is 4.32. The zero-order valence-electron chi connectivity index (χ0n) is 10.1. The molecule has 0 unspecified atom stereocenters. The second kappa shape index (κ2) is 4.82. The van der Waals surface area contributed by atoms with Crippen LogP contribution in [0.15, 0.2) is 24.3 Å². The summed E-state index contributed by atoms with van der Waals surface area (Å²) in [7, 11) is 0. The molecule has 0 fully saturated rings. The van der Waals surface area contributed by atoms with Crippen molar-refractivity contribution in [1.82, 2.24) is 9.78 Å². The van der Waals surface area contributed by atoms with Gasteiger partial charge in [0.25, 0.3) is 0 Å². The van der Waals surface area contributed by atoms with Gasteiger partial charge in [0.05, 0.1) is 5.69 Å². The molecular formula is C13H13ClN2O2. The SMILES string of the molecule is CCn1nc(C(=O)O)c(Cl)c1-c1ccccc1C. The average Bonchev–Trinajstić information content (AvgIpc) is 2.67. The molecule has 1 heterocycles. The molecule has 0 aliphatic carbocycles. The number of aryl methyl sites for hydroxylation is 2. The Morgan fingerprint density at radius 1 is 1.44 bits per heavy atom. The van der Waals surface area contributed by atoms with Crippen molar-refractivity contribution in [3.63, 3.8) is 0 Å². The molecular weight excluding hydrogens is 252 g/mol. The van der Waals surface area contributed by atoms with E-state index in [1.54, 1.807) is 4.68 Å². The van der Waals surface area contributed by atoms with Crippen LogP contribution in [0.4, 0.5) is 0 Å². The van der Waals surface area contributed by atoms with Gasteiger partial charge < -0.3 is 5.11 Å². The maximum absolute atomic E-state index is 11.1. The predicted molar refractivity (Wildman–Crippen MR) is 70.0 cm³/mol. The smallest absolute Gasteiger partial charge is 0.358 e. The maximum atomic E-state index is 11.1. The van der Waals surface area contributed by atoms with Gasteiger partial charge in [-0.05, 0) is 19.4 Å². The van der Waals surface area contributed by atoms with E-state index in [2.05, 4.69) is 5.10 Å². The Labute approximate surface area is 110 Å². The zero-order valence-corrected chi connectivity index (χ0v) is 10.9. The first-order valence-corrected chi connectivity index (χ1v) is 5.99. The van der Waals surface area contributed by atoms with Crippen LogP contribution in [0, 0.1) is 6.92 Å². The fraction of sp³-hybridized carbons (Fsp3) is 0.231. The highest BCUT2D eigenvalue weighted by molar-refractivity contribution is 6.35. The summed E-state index contributed by atoms with van der Waals surface area (Å²) in [4.78, 5) is 11.1. The van der Waals surface area contributed by atoms with Crippen LogP contribution in [0.2, 0.25) is 5.02 Å². The van der Waals surface area contributed by atoms with E-state index in [9.17, 15) is 4.79 Å². The van der Waals surface area contributed by atoms with E-state index in [0.717, 1.165) is 11.1 Å². The lowest BCUT2D eigenvalue weighted by molar-refractivity contribution is 0.0689. The van der Waals surface area contributed by atoms with Crippen LogP contribution in [0.25, 0.3) is 11.3 Å². The minimum atomic E-state index is -1.11. The lowest BCUT2D eigenvalue weighted by atomic mass is 10.1. The van der Waals surface area contributed by atoms with Crippen molar-refractivity contribution in [2.24, 2.45) is 0 Å². The summed E-state index contributed by atoms with van der Waals surface area (Å²) in [6, 6.07) is 7.69. The molecule has 18 heavy (non-hydrogen) atoms. The third-order valence-corrected chi connectivity index (χ3v) is 3.15. The molecule has 1 N–H and O–H groups in total. The van der Waals surface area contributed by atoms with Gasteiger partial charge in [-0.25, -0.2) is 4.79 Å². The van der Waals surface area contributed by atoms with Gasteiger partial charge in [-0.1, -0.05) is 35.9 Å². The molecule has 2 aromatic rings. The fourth-order valence-electron chi connectivity index (χ4n) is 1.90. The summed E-state index contributed by atoms with van der Waals surface area (Å²) in [5.41, 5.74) is 2.50. The summed E-state index contributed by atoms with van der Waals surface area (Å²) in [5, 5.41) is 13.3. The van der Waals surface area contributed by atoms with Crippen molar-refractivity contribution in [3.8, 4) is 11.3 Å². The van der Waals surface area contributed by atoms with Crippen molar-refractivity contribution >= 4 is 17.6 Å². The van der Waals surface area contributed by atoms with Gasteiger partial charge in [-0.2, -0.15) is 5.10 Å². The van der Waals surface area contributed by atoms with Gasteiger partial charge in [0.1, 0.15) is 5.02 Å². The molecule has 1 aromatic carbocycles. The number of hydrogen-bond donors (Lipinski definition) is 1. The van der Waals surface area contributed by atoms with Gasteiger partial charge in [0.2, 0.25) is 0 Å². The number of halogens is 1. The Kier molecular flexibility index (Phi) is 3.39. The van der Waals surface area contributed by atoms with Gasteiger partial charge in [0.15, 0.2) is 5.69 Å². The number of rotatable bonds is 3. The lowest BCUT2D eigenvalue weighted by Crippen LogP contribution is -2.02. The Morgan fingerprint density at radius 2 is 2.11 bits per heavy atom. The topological polar surface area (TPSA) is 55.1 Å². The molecule has 0 bridgehead atoms. The van der Waals surface area contributed by atoms with E-state index in [1.807, 2.05) is 38.1 Å². The average molecular weight is 265 g/mol. The summed E-state index contributed by atoms with van der Waals surface area (Å²) < 4.78 is 1.62. The lowest BCUT2D eigenvalue weighted by Gasteiger charge is -2.08. The summed E-state index contributed by atoms with van der Waals surface area (Å²) in [6.45, 7) is 4.42. The molecule has 0 saturated carbocycles. The zero-order chi connectivity index (χ0) is 13.3. The fourth-order valence-corrected chi connectivity index (χ4v) is 2.22. The minimum absolute atomic E-state index is 0.100. The Bertz CT molecular complexity index is 605. The number of nitrogens with zero attached hydrogens (tertiary/aromatic N) is 2. The molecule has 0 radical (unpaired) electrons. The number of carboxylic acids is 1. The standard InChI is InChI=1S/C13H13ClN2O2/c1-3-16-12(9-7-5-4-6-8(9)2)10(14)11(15-16)13(17)18/h4-7H,3H2,1-2H3,(H,17,18). The molecule has 0 saturated heterocycles. The quantitative estimate of drug-likeness (QED) is 0.926. The van der Waals surface area contributed by atoms with Crippen LogP contribution >= 0.6 is 11.6 Å². The van der Waals surface area contributed by atoms with Gasteiger partial charge in [-0.3, -0.25) is 4.68 Å². The van der Waals surface area contributed by atoms with Crippen LogP contribution in [0.5, 0.6) is 0 Å². The molecule has 4 nitrogen and oxygen atoms in total. The third-order valence-electron chi connectivity index (χ3n) is 2.80. The molecule has 0 amide bonds. The largest absolute Gasteiger partial charge is 0.476 e. The monoisotopic (exact) mass is 264 g/mol. The van der Waals surface area contributed by atoms with E-state index in [-0.39, 0.29) is 10.7 Å². The number of carbonyl (C=O) groups is 1. The maximum Gasteiger partial charge on any atom is 0.358 e. The van der Waals surface area contributed by atoms with Crippen molar-refractivity contribution in [3.05, 3.63) is 40.5 Å². The normalized spacial score (nSPS) is 10.6. The first-order valence-electron chi connectivity index (χ1n) is 5.61. The Hall–Kier alpha value is -1.81. The molecule has 0 spiro atoms. The highest BCUT2D eigenvalue weighted by Crippen LogP contribution is 2.32. The summed E-state index contributed by atoms with van der Waals surface area (Å²) >= 11 is 6.15. The number of carboxylic acid groups (broad SMARTS) is 1. The first-order chi connectivity index (χ1) is 8.56. The second-order valence-electron chi connectivity index (χ2n) is 3.95. The van der Waals surface area contributed by atoms with Crippen LogP contribution in [0.3, 0.4) is 0 Å². The van der Waals surface area contributed by atoms with Crippen molar-refractivity contribution in [2.45, 2.75) is 20.4 Å². The first kappa shape index (κ1) is 12.6. The van der Waals surface area contributed by atoms with Crippen LogP contribution in [-0.2, 0) is 6.54 Å². The van der Waals surface area contributed by atoms with E-state index in [0.29, 0.717) is 12.2 Å². The Morgan fingerprint density at radius 3 is 2.67 bits per heavy atom. The highest BCUT2D eigenvalue weighted by Gasteiger charge is 2.22. The molecule has 0 atom stereocenters. The van der Waals surface area contributed by atoms with Crippen molar-refractivity contribution < 1.29 is 9.90 Å². The van der Waals surface area contributed by atoms with Crippen LogP contribution < -0.4 is 0 Å². The van der Waals surface area contributed by atoms with E-state index in [4.69, 9.17) is 16.7 Å². The van der Waals surface area contributed by atoms with Gasteiger partial charge in [0, 0.05) is 12.1 Å². The number of aromatic nitrogens is 2. The van der Waals surface area contributed by atoms with E-state index >= 15 is 0 Å². The summed E-state index contributed by atoms with van der Waals surface area (Å²) in [6.07, 6.45) is 0. The summed E-state index contributed by atoms with van der Waals surface area (Å²) in [5.74, 6) is -1.11. The van der Waals surface area contributed by atoms with Crippen molar-refractivity contribution in [1.29, 1.82) is 0 Å². The molecule has 5 heteroatoms. The van der Waals surface area contributed by atoms with Crippen LogP contribution in [0.1, 0.15) is 23.0 Å². The minimum Gasteiger partial charge on any atom is -0.476 e.